The first kappa shape index (κ1) is 58.9. The lowest BCUT2D eigenvalue weighted by Gasteiger charge is -2.33. The first-order chi connectivity index (χ1) is 36.3. The van der Waals surface area contributed by atoms with Crippen LogP contribution in [-0.2, 0) is 41.5 Å². The number of alkyl halides is 3. The van der Waals surface area contributed by atoms with Gasteiger partial charge in [-0.3, -0.25) is 53.3 Å². The van der Waals surface area contributed by atoms with Gasteiger partial charge in [-0.05, 0) is 97.9 Å². The van der Waals surface area contributed by atoms with Crippen LogP contribution in [0.2, 0.25) is 0 Å². The fourth-order valence-electron chi connectivity index (χ4n) is 10.3. The molecule has 18 nitrogen and oxygen atoms in total. The van der Waals surface area contributed by atoms with E-state index in [-0.39, 0.29) is 126 Å². The molecule has 3 aromatic rings. The molecule has 1 aliphatic carbocycles. The average molecular weight is 1060 g/mol. The lowest BCUT2D eigenvalue weighted by molar-refractivity contribution is -0.145. The van der Waals surface area contributed by atoms with Gasteiger partial charge in [0.05, 0.1) is 38.3 Å². The molecule has 2 aliphatic heterocycles. The maximum absolute atomic E-state index is 14.9. The number of amides is 2. The van der Waals surface area contributed by atoms with Gasteiger partial charge < -0.3 is 35.8 Å². The summed E-state index contributed by atoms with van der Waals surface area (Å²) in [5.41, 5.74) is 2.72. The quantitative estimate of drug-likeness (QED) is 0.0596. The average Bonchev–Trinajstić information content (AvgIpc) is 3.37. The number of hydrogen-bond acceptors (Lipinski definition) is 12. The monoisotopic (exact) mass is 1060 g/mol. The van der Waals surface area contributed by atoms with Crippen molar-refractivity contribution in [3.05, 3.63) is 88.5 Å². The summed E-state index contributed by atoms with van der Waals surface area (Å²) < 4.78 is 50.8. The predicted molar refractivity (Wildman–Crippen MR) is 278 cm³/mol. The predicted octanol–water partition coefficient (Wildman–Crippen LogP) is 5.18. The van der Waals surface area contributed by atoms with E-state index in [4.69, 9.17) is 4.74 Å². The highest BCUT2D eigenvalue weighted by molar-refractivity contribution is 5.80. The second kappa shape index (κ2) is 28.7. The minimum absolute atomic E-state index is 0.0107. The highest BCUT2D eigenvalue weighted by Crippen LogP contribution is 2.39. The van der Waals surface area contributed by atoms with E-state index in [1.54, 1.807) is 25.7 Å². The van der Waals surface area contributed by atoms with Crippen molar-refractivity contribution in [2.24, 2.45) is 11.8 Å². The number of likely N-dealkylation sites (tertiary alicyclic amines) is 1. The number of nitrogens with one attached hydrogen (secondary N) is 2. The fraction of sp³-hybridized carbons (Fsp3) is 0.527. The Morgan fingerprint density at radius 1 is 0.658 bits per heavy atom. The van der Waals surface area contributed by atoms with Crippen molar-refractivity contribution in [3.8, 4) is 16.9 Å². The molecule has 1 saturated carbocycles. The zero-order valence-electron chi connectivity index (χ0n) is 43.1. The highest BCUT2D eigenvalue weighted by atomic mass is 19.4. The summed E-state index contributed by atoms with van der Waals surface area (Å²) in [5.74, 6) is -4.66. The summed E-state index contributed by atoms with van der Waals surface area (Å²) in [7, 11) is 0. The van der Waals surface area contributed by atoms with E-state index in [1.165, 1.54) is 12.1 Å². The standard InChI is InChI=1S/C55H72F3N7O11/c1-38-40(10-7-11-45(38)41-8-3-2-4-9-41)17-18-43-31-48(44(30-46(43)55(56,57)58)33-65-20-6-5-12-47(65)54(74)75)76-29-19-59-53(73)42-15-13-39(14-16-42)32-60-49(66)34-61-21-23-62(35-50(67)68)25-27-64(37-52(71)72)28-26-63(24-22-61)36-51(69)70/h2-4,7-11,17-18,30-31,39,42,47H,5-6,12-16,19-29,32-37H2,1H3,(H,59,73)(H,60,66)(H,67,68)(H,69,70)(H,71,72)(H,74,75)/b18-17+/t39?,42?,47-/m0/s1. The molecule has 76 heavy (non-hydrogen) atoms. The Hall–Kier alpha value is -6.39. The van der Waals surface area contributed by atoms with Gasteiger partial charge >= 0.3 is 30.1 Å². The Bertz CT molecular complexity index is 2460. The molecule has 2 heterocycles. The van der Waals surface area contributed by atoms with E-state index in [0.717, 1.165) is 28.3 Å². The molecule has 3 aliphatic rings. The molecule has 1 atom stereocenters. The van der Waals surface area contributed by atoms with Gasteiger partial charge in [-0.2, -0.15) is 13.2 Å². The van der Waals surface area contributed by atoms with Crippen LogP contribution in [0.5, 0.6) is 5.75 Å². The summed E-state index contributed by atoms with van der Waals surface area (Å²) in [6.45, 7) is 4.02. The van der Waals surface area contributed by atoms with E-state index < -0.39 is 41.7 Å². The molecule has 3 aromatic carbocycles. The van der Waals surface area contributed by atoms with E-state index in [9.17, 15) is 62.4 Å². The summed E-state index contributed by atoms with van der Waals surface area (Å²) in [5, 5.41) is 44.4. The van der Waals surface area contributed by atoms with Crippen molar-refractivity contribution in [1.29, 1.82) is 0 Å². The molecule has 6 N–H and O–H groups in total. The van der Waals surface area contributed by atoms with Crippen molar-refractivity contribution in [1.82, 2.24) is 35.1 Å². The zero-order chi connectivity index (χ0) is 54.8. The summed E-state index contributed by atoms with van der Waals surface area (Å²) in [4.78, 5) is 82.4. The number of aliphatic carboxylic acids is 4. The molecule has 0 radical (unpaired) electrons. The number of ether oxygens (including phenoxy) is 1. The lowest BCUT2D eigenvalue weighted by atomic mass is 9.81. The van der Waals surface area contributed by atoms with Crippen LogP contribution in [0.15, 0.2) is 60.7 Å². The number of halogens is 3. The molecule has 0 unspecified atom stereocenters. The Kier molecular flexibility index (Phi) is 22.2. The largest absolute Gasteiger partial charge is 0.491 e. The molecule has 2 saturated heterocycles. The van der Waals surface area contributed by atoms with Gasteiger partial charge in [-0.1, -0.05) is 67.1 Å². The van der Waals surface area contributed by atoms with E-state index in [0.29, 0.717) is 71.1 Å². The van der Waals surface area contributed by atoms with E-state index in [1.807, 2.05) is 60.4 Å². The van der Waals surface area contributed by atoms with Crippen molar-refractivity contribution in [2.45, 2.75) is 70.6 Å². The Labute approximate surface area is 441 Å². The number of carboxylic acid groups (broad SMARTS) is 4. The second-order valence-electron chi connectivity index (χ2n) is 20.0. The van der Waals surface area contributed by atoms with Crippen LogP contribution < -0.4 is 15.4 Å². The molecule has 21 heteroatoms. The SMILES string of the molecule is Cc1c(/C=C/c2cc(OCCNC(=O)C3CCC(CNC(=O)CN4CCN(CC(=O)O)CCN(CC(=O)O)CCN(CC(=O)O)CC4)CC3)c(CN3CCCC[C@H]3C(=O)O)cc2C(F)(F)F)cccc1-c1ccccc1. The summed E-state index contributed by atoms with van der Waals surface area (Å²) >= 11 is 0. The fourth-order valence-corrected chi connectivity index (χ4v) is 10.3. The Morgan fingerprint density at radius 2 is 1.22 bits per heavy atom. The molecule has 0 spiro atoms. The van der Waals surface area contributed by atoms with Crippen LogP contribution in [0.3, 0.4) is 0 Å². The molecule has 6 rings (SSSR count). The number of benzene rings is 3. The van der Waals surface area contributed by atoms with Crippen LogP contribution in [-0.4, -0.2) is 191 Å². The highest BCUT2D eigenvalue weighted by Gasteiger charge is 2.36. The van der Waals surface area contributed by atoms with E-state index >= 15 is 0 Å². The number of piperidine rings is 1. The van der Waals surface area contributed by atoms with E-state index in [2.05, 4.69) is 10.6 Å². The van der Waals surface area contributed by atoms with Gasteiger partial charge in [0.15, 0.2) is 0 Å². The molecule has 0 bridgehead atoms. The third kappa shape index (κ3) is 18.4. The van der Waals surface area contributed by atoms with Crippen LogP contribution in [0.1, 0.15) is 72.8 Å². The maximum Gasteiger partial charge on any atom is 0.417 e. The van der Waals surface area contributed by atoms with Gasteiger partial charge in [-0.25, -0.2) is 0 Å². The minimum atomic E-state index is -4.74. The van der Waals surface area contributed by atoms with Crippen molar-refractivity contribution in [2.75, 3.05) is 105 Å². The second-order valence-corrected chi connectivity index (χ2v) is 20.0. The van der Waals surface area contributed by atoms with Crippen LogP contribution in [0.4, 0.5) is 13.2 Å². The summed E-state index contributed by atoms with van der Waals surface area (Å²) in [6, 6.07) is 16.9. The van der Waals surface area contributed by atoms with Crippen LogP contribution in [0.25, 0.3) is 23.3 Å². The van der Waals surface area contributed by atoms with Gasteiger partial charge in [0, 0.05) is 76.9 Å². The molecular weight excluding hydrogens is 992 g/mol. The van der Waals surface area contributed by atoms with Crippen LogP contribution >= 0.6 is 0 Å². The molecular formula is C55H72F3N7O11. The maximum atomic E-state index is 14.9. The number of carboxylic acids is 4. The normalized spacial score (nSPS) is 20.3. The number of hydrogen-bond donors (Lipinski definition) is 6. The molecule has 2 amide bonds. The number of carbonyl (C=O) groups excluding carboxylic acids is 2. The van der Waals surface area contributed by atoms with Crippen molar-refractivity contribution in [3.63, 3.8) is 0 Å². The number of rotatable bonds is 21. The lowest BCUT2D eigenvalue weighted by Crippen LogP contribution is -2.50. The Morgan fingerprint density at radius 3 is 1.78 bits per heavy atom. The van der Waals surface area contributed by atoms with Gasteiger partial charge in [0.1, 0.15) is 18.4 Å². The molecule has 414 valence electrons. The first-order valence-electron chi connectivity index (χ1n) is 26.1. The third-order valence-corrected chi connectivity index (χ3v) is 14.6. The number of carbonyl (C=O) groups is 6. The summed E-state index contributed by atoms with van der Waals surface area (Å²) in [6.07, 6.45) is 2.55. The van der Waals surface area contributed by atoms with Gasteiger partial charge in [0.25, 0.3) is 0 Å². The molecule has 0 aromatic heterocycles. The third-order valence-electron chi connectivity index (χ3n) is 14.6. The van der Waals surface area contributed by atoms with Crippen molar-refractivity contribution >= 4 is 47.8 Å². The van der Waals surface area contributed by atoms with Gasteiger partial charge in [0.2, 0.25) is 11.8 Å². The van der Waals surface area contributed by atoms with Gasteiger partial charge in [-0.15, -0.1) is 0 Å². The number of nitrogens with zero attached hydrogens (tertiary/aromatic N) is 5. The van der Waals surface area contributed by atoms with Crippen LogP contribution in [0, 0.1) is 18.8 Å². The minimum Gasteiger partial charge on any atom is -0.491 e. The molecule has 3 fully saturated rings. The van der Waals surface area contributed by atoms with Crippen molar-refractivity contribution < 1.29 is 67.1 Å². The Balaban J connectivity index is 1.04. The zero-order valence-corrected chi connectivity index (χ0v) is 43.1. The first-order valence-corrected chi connectivity index (χ1v) is 26.1. The topological polar surface area (TPSA) is 233 Å². The smallest absolute Gasteiger partial charge is 0.417 e.